The molecule has 0 spiro atoms. The van der Waals surface area contributed by atoms with Gasteiger partial charge in [-0.25, -0.2) is 0 Å². The zero-order valence-electron chi connectivity index (χ0n) is 15.1. The standard InChI is InChI=1S/C20H29N3O/c1-15-20(17(3)23(21-15)11-12-24)14-22(16(2)19-9-10-19)13-18-7-5-4-6-8-18/h4-8,16,19,24H,9-14H2,1-3H3. The van der Waals surface area contributed by atoms with E-state index in [4.69, 9.17) is 0 Å². The second-order valence-corrected chi connectivity index (χ2v) is 7.06. The van der Waals surface area contributed by atoms with E-state index in [9.17, 15) is 5.11 Å². The molecule has 1 aliphatic carbocycles. The Morgan fingerprint density at radius 1 is 1.21 bits per heavy atom. The summed E-state index contributed by atoms with van der Waals surface area (Å²) in [4.78, 5) is 2.59. The van der Waals surface area contributed by atoms with E-state index in [0.717, 1.165) is 24.7 Å². The second kappa shape index (κ2) is 7.49. The summed E-state index contributed by atoms with van der Waals surface area (Å²) in [6, 6.07) is 11.3. The van der Waals surface area contributed by atoms with Gasteiger partial charge in [-0.3, -0.25) is 9.58 Å². The number of benzene rings is 1. The molecule has 0 bridgehead atoms. The number of hydrogen-bond acceptors (Lipinski definition) is 3. The number of aromatic nitrogens is 2. The minimum Gasteiger partial charge on any atom is -0.394 e. The monoisotopic (exact) mass is 327 g/mol. The molecule has 4 nitrogen and oxygen atoms in total. The highest BCUT2D eigenvalue weighted by molar-refractivity contribution is 5.25. The van der Waals surface area contributed by atoms with Crippen molar-refractivity contribution < 1.29 is 5.11 Å². The van der Waals surface area contributed by atoms with Crippen molar-refractivity contribution in [2.75, 3.05) is 6.61 Å². The van der Waals surface area contributed by atoms with E-state index >= 15 is 0 Å². The summed E-state index contributed by atoms with van der Waals surface area (Å²) in [5.41, 5.74) is 4.94. The average molecular weight is 327 g/mol. The van der Waals surface area contributed by atoms with Crippen LogP contribution in [0.25, 0.3) is 0 Å². The Morgan fingerprint density at radius 2 is 1.92 bits per heavy atom. The van der Waals surface area contributed by atoms with Crippen LogP contribution >= 0.6 is 0 Å². The molecule has 1 N–H and O–H groups in total. The van der Waals surface area contributed by atoms with Crippen molar-refractivity contribution in [2.24, 2.45) is 5.92 Å². The minimum atomic E-state index is 0.133. The van der Waals surface area contributed by atoms with Crippen LogP contribution in [0.3, 0.4) is 0 Å². The van der Waals surface area contributed by atoms with Gasteiger partial charge < -0.3 is 5.11 Å². The van der Waals surface area contributed by atoms with Gasteiger partial charge in [-0.05, 0) is 45.1 Å². The van der Waals surface area contributed by atoms with Crippen LogP contribution < -0.4 is 0 Å². The number of aliphatic hydroxyl groups excluding tert-OH is 1. The summed E-state index contributed by atoms with van der Waals surface area (Å²) in [5.74, 6) is 0.835. The summed E-state index contributed by atoms with van der Waals surface area (Å²) >= 11 is 0. The Hall–Kier alpha value is -1.65. The summed E-state index contributed by atoms with van der Waals surface area (Å²) in [6.07, 6.45) is 2.71. The lowest BCUT2D eigenvalue weighted by atomic mass is 10.1. The molecule has 0 radical (unpaired) electrons. The van der Waals surface area contributed by atoms with Crippen LogP contribution in [-0.4, -0.2) is 32.4 Å². The lowest BCUT2D eigenvalue weighted by Gasteiger charge is -2.29. The number of rotatable bonds is 8. The first kappa shape index (κ1) is 17.2. The molecular formula is C20H29N3O. The first-order valence-corrected chi connectivity index (χ1v) is 9.02. The summed E-state index contributed by atoms with van der Waals surface area (Å²) < 4.78 is 1.94. The van der Waals surface area contributed by atoms with Gasteiger partial charge in [0.1, 0.15) is 0 Å². The molecule has 4 heteroatoms. The van der Waals surface area contributed by atoms with Gasteiger partial charge in [0.15, 0.2) is 0 Å². The minimum absolute atomic E-state index is 0.133. The van der Waals surface area contributed by atoms with Gasteiger partial charge in [-0.2, -0.15) is 5.10 Å². The second-order valence-electron chi connectivity index (χ2n) is 7.06. The lowest BCUT2D eigenvalue weighted by molar-refractivity contribution is 0.171. The van der Waals surface area contributed by atoms with Gasteiger partial charge in [0, 0.05) is 30.4 Å². The molecule has 1 aromatic heterocycles. The van der Waals surface area contributed by atoms with Crippen LogP contribution in [0.1, 0.15) is 42.3 Å². The Bertz CT molecular complexity index is 661. The Labute approximate surface area is 145 Å². The first-order valence-electron chi connectivity index (χ1n) is 9.02. The maximum absolute atomic E-state index is 9.22. The SMILES string of the molecule is Cc1nn(CCO)c(C)c1CN(Cc1ccccc1)C(C)C1CC1. The van der Waals surface area contributed by atoms with Crippen LogP contribution in [0.2, 0.25) is 0 Å². The predicted octanol–water partition coefficient (Wildman–Crippen LogP) is 3.29. The van der Waals surface area contributed by atoms with Gasteiger partial charge >= 0.3 is 0 Å². The Morgan fingerprint density at radius 3 is 2.54 bits per heavy atom. The molecule has 24 heavy (non-hydrogen) atoms. The third-order valence-corrected chi connectivity index (χ3v) is 5.31. The number of aliphatic hydroxyl groups is 1. The van der Waals surface area contributed by atoms with Crippen molar-refractivity contribution in [2.45, 2.75) is 59.3 Å². The number of aryl methyl sites for hydroxylation is 1. The molecule has 3 rings (SSSR count). The largest absolute Gasteiger partial charge is 0.394 e. The van der Waals surface area contributed by atoms with Crippen LogP contribution in [0.5, 0.6) is 0 Å². The molecule has 2 aromatic rings. The fourth-order valence-electron chi connectivity index (χ4n) is 3.52. The van der Waals surface area contributed by atoms with Crippen LogP contribution in [0.4, 0.5) is 0 Å². The van der Waals surface area contributed by atoms with Crippen molar-refractivity contribution in [3.05, 3.63) is 52.8 Å². The Balaban J connectivity index is 1.81. The van der Waals surface area contributed by atoms with E-state index in [-0.39, 0.29) is 6.61 Å². The van der Waals surface area contributed by atoms with Gasteiger partial charge in [0.2, 0.25) is 0 Å². The molecule has 1 aliphatic rings. The highest BCUT2D eigenvalue weighted by Gasteiger charge is 2.32. The molecule has 1 aromatic carbocycles. The predicted molar refractivity (Wildman–Crippen MR) is 96.7 cm³/mol. The van der Waals surface area contributed by atoms with E-state index in [1.165, 1.54) is 29.7 Å². The van der Waals surface area contributed by atoms with Crippen LogP contribution in [-0.2, 0) is 19.6 Å². The fourth-order valence-corrected chi connectivity index (χ4v) is 3.52. The van der Waals surface area contributed by atoms with Crippen LogP contribution in [0.15, 0.2) is 30.3 Å². The quantitative estimate of drug-likeness (QED) is 0.809. The van der Waals surface area contributed by atoms with Crippen molar-refractivity contribution in [3.63, 3.8) is 0 Å². The number of nitrogens with zero attached hydrogens (tertiary/aromatic N) is 3. The molecule has 0 aliphatic heterocycles. The first-order chi connectivity index (χ1) is 11.6. The topological polar surface area (TPSA) is 41.3 Å². The number of hydrogen-bond donors (Lipinski definition) is 1. The lowest BCUT2D eigenvalue weighted by Crippen LogP contribution is -2.34. The summed E-state index contributed by atoms with van der Waals surface area (Å²) in [5, 5.41) is 13.8. The van der Waals surface area contributed by atoms with Gasteiger partial charge in [-0.15, -0.1) is 0 Å². The third-order valence-electron chi connectivity index (χ3n) is 5.31. The highest BCUT2D eigenvalue weighted by Crippen LogP contribution is 2.36. The van der Waals surface area contributed by atoms with Gasteiger partial charge in [0.25, 0.3) is 0 Å². The van der Waals surface area contributed by atoms with E-state index in [1.54, 1.807) is 0 Å². The normalized spacial score (nSPS) is 15.9. The molecule has 1 atom stereocenters. The molecule has 130 valence electrons. The van der Waals surface area contributed by atoms with Crippen molar-refractivity contribution in [3.8, 4) is 0 Å². The van der Waals surface area contributed by atoms with Crippen molar-refractivity contribution in [1.82, 2.24) is 14.7 Å². The Kier molecular flexibility index (Phi) is 5.36. The highest BCUT2D eigenvalue weighted by atomic mass is 16.3. The summed E-state index contributed by atoms with van der Waals surface area (Å²) in [7, 11) is 0. The summed E-state index contributed by atoms with van der Waals surface area (Å²) in [6.45, 7) is 9.17. The van der Waals surface area contributed by atoms with E-state index in [2.05, 4.69) is 61.1 Å². The fraction of sp³-hybridized carbons (Fsp3) is 0.550. The van der Waals surface area contributed by atoms with E-state index in [0.29, 0.717) is 12.6 Å². The third kappa shape index (κ3) is 3.87. The maximum Gasteiger partial charge on any atom is 0.0644 e. The van der Waals surface area contributed by atoms with Gasteiger partial charge in [0.05, 0.1) is 18.8 Å². The van der Waals surface area contributed by atoms with E-state index < -0.39 is 0 Å². The van der Waals surface area contributed by atoms with E-state index in [1.807, 2.05) is 4.68 Å². The molecular weight excluding hydrogens is 298 g/mol. The average Bonchev–Trinajstić information content (AvgIpc) is 3.39. The molecule has 1 heterocycles. The molecule has 1 unspecified atom stereocenters. The van der Waals surface area contributed by atoms with Gasteiger partial charge in [-0.1, -0.05) is 30.3 Å². The zero-order chi connectivity index (χ0) is 17.1. The molecule has 0 amide bonds. The van der Waals surface area contributed by atoms with Crippen molar-refractivity contribution >= 4 is 0 Å². The molecule has 1 fully saturated rings. The maximum atomic E-state index is 9.22. The molecule has 0 saturated heterocycles. The van der Waals surface area contributed by atoms with Crippen LogP contribution in [0, 0.1) is 19.8 Å². The molecule has 1 saturated carbocycles. The smallest absolute Gasteiger partial charge is 0.0644 e. The zero-order valence-corrected chi connectivity index (χ0v) is 15.1. The van der Waals surface area contributed by atoms with Crippen molar-refractivity contribution in [1.29, 1.82) is 0 Å².